The second kappa shape index (κ2) is 8.91. The molecule has 5 nitrogen and oxygen atoms in total. The average Bonchev–Trinajstić information content (AvgIpc) is 3.16. The Morgan fingerprint density at radius 1 is 0.946 bits per heavy atom. The molecule has 0 saturated carbocycles. The molecule has 0 unspecified atom stereocenters. The van der Waals surface area contributed by atoms with Crippen molar-refractivity contribution in [1.82, 2.24) is 14.8 Å². The summed E-state index contributed by atoms with van der Waals surface area (Å²) in [5.41, 5.74) is 4.44. The number of aryl methyl sites for hydroxylation is 2. The predicted octanol–water partition coefficient (Wildman–Crippen LogP) is 5.79. The first kappa shape index (κ1) is 24.8. The highest BCUT2D eigenvalue weighted by atomic mass is 16.2. The molecular formula is C32H35N3O2. The lowest BCUT2D eigenvalue weighted by molar-refractivity contribution is -0.147. The van der Waals surface area contributed by atoms with Gasteiger partial charge in [-0.25, -0.2) is 0 Å². The van der Waals surface area contributed by atoms with Gasteiger partial charge in [0, 0.05) is 35.6 Å². The molecule has 2 amide bonds. The molecule has 2 atom stereocenters. The number of hydrogen-bond acceptors (Lipinski definition) is 2. The zero-order valence-corrected chi connectivity index (χ0v) is 22.5. The fourth-order valence-corrected chi connectivity index (χ4v) is 5.71. The van der Waals surface area contributed by atoms with E-state index in [0.717, 1.165) is 38.9 Å². The molecule has 0 bridgehead atoms. The number of aromatic nitrogens is 1. The first-order valence-electron chi connectivity index (χ1n) is 12.8. The minimum atomic E-state index is -0.958. The van der Waals surface area contributed by atoms with E-state index in [2.05, 4.69) is 22.0 Å². The van der Waals surface area contributed by atoms with Crippen LogP contribution in [0.5, 0.6) is 0 Å². The van der Waals surface area contributed by atoms with E-state index in [4.69, 9.17) is 0 Å². The van der Waals surface area contributed by atoms with Gasteiger partial charge < -0.3 is 14.8 Å². The highest BCUT2D eigenvalue weighted by Crippen LogP contribution is 2.49. The van der Waals surface area contributed by atoms with E-state index in [-0.39, 0.29) is 11.8 Å². The highest BCUT2D eigenvalue weighted by molar-refractivity contribution is 6.05. The third-order valence-corrected chi connectivity index (χ3v) is 7.48. The number of hydrogen-bond donors (Lipinski definition) is 1. The van der Waals surface area contributed by atoms with Gasteiger partial charge in [-0.1, -0.05) is 78.4 Å². The van der Waals surface area contributed by atoms with E-state index in [9.17, 15) is 9.59 Å². The van der Waals surface area contributed by atoms with Gasteiger partial charge in [-0.15, -0.1) is 0 Å². The maximum absolute atomic E-state index is 14.8. The number of nitrogens with one attached hydrogen (secondary N) is 1. The Morgan fingerprint density at radius 3 is 2.22 bits per heavy atom. The van der Waals surface area contributed by atoms with Gasteiger partial charge in [-0.3, -0.25) is 9.59 Å². The lowest BCUT2D eigenvalue weighted by Gasteiger charge is -2.45. The Kier molecular flexibility index (Phi) is 5.98. The van der Waals surface area contributed by atoms with E-state index >= 15 is 0 Å². The number of amides is 2. The van der Waals surface area contributed by atoms with Crippen molar-refractivity contribution >= 4 is 22.7 Å². The largest absolute Gasteiger partial charge is 0.349 e. The molecular weight excluding hydrogens is 458 g/mol. The van der Waals surface area contributed by atoms with Crippen molar-refractivity contribution in [3.63, 3.8) is 0 Å². The standard InChI is InChI=1S/C32H35N3O2/c1-21-16-18-22(19-17-21)20-35-28(29(36)33-31(2,3)4)27-26(24-14-10-11-15-25(24)34(27)6)32(5,30(35)37)23-12-8-7-9-13-23/h7-19,28H,20H2,1-6H3,(H,33,36)/t28-,32+/m0/s1. The third kappa shape index (κ3) is 4.12. The molecule has 0 aliphatic carbocycles. The monoisotopic (exact) mass is 493 g/mol. The lowest BCUT2D eigenvalue weighted by atomic mass is 9.70. The average molecular weight is 494 g/mol. The maximum atomic E-state index is 14.8. The predicted molar refractivity (Wildman–Crippen MR) is 148 cm³/mol. The SMILES string of the molecule is Cc1ccc(CN2C(=O)[C@](C)(c3ccccc3)c3c(n(C)c4ccccc34)[C@H]2C(=O)NC(C)(C)C)cc1. The Balaban J connectivity index is 1.81. The second-order valence-electron chi connectivity index (χ2n) is 11.4. The molecule has 1 N–H and O–H groups in total. The molecule has 1 aliphatic heterocycles. The van der Waals surface area contributed by atoms with Crippen molar-refractivity contribution < 1.29 is 9.59 Å². The van der Waals surface area contributed by atoms with Gasteiger partial charge in [-0.05, 0) is 51.8 Å². The number of fused-ring (bicyclic) bond motifs is 3. The van der Waals surface area contributed by atoms with Crippen molar-refractivity contribution in [2.75, 3.05) is 0 Å². The molecule has 0 spiro atoms. The minimum absolute atomic E-state index is 0.0720. The van der Waals surface area contributed by atoms with Crippen molar-refractivity contribution in [2.24, 2.45) is 7.05 Å². The van der Waals surface area contributed by atoms with Crippen LogP contribution < -0.4 is 5.32 Å². The first-order valence-corrected chi connectivity index (χ1v) is 12.8. The number of rotatable bonds is 4. The molecule has 0 saturated heterocycles. The molecule has 190 valence electrons. The number of carbonyl (C=O) groups is 2. The van der Waals surface area contributed by atoms with Crippen LogP contribution in [0, 0.1) is 6.92 Å². The Bertz CT molecular complexity index is 1480. The molecule has 1 aromatic heterocycles. The van der Waals surface area contributed by atoms with Crippen molar-refractivity contribution in [3.8, 4) is 0 Å². The molecule has 0 fully saturated rings. The van der Waals surface area contributed by atoms with Gasteiger partial charge in [0.25, 0.3) is 0 Å². The fraction of sp³-hybridized carbons (Fsp3) is 0.312. The highest BCUT2D eigenvalue weighted by Gasteiger charge is 2.53. The van der Waals surface area contributed by atoms with Gasteiger partial charge in [0.2, 0.25) is 11.8 Å². The summed E-state index contributed by atoms with van der Waals surface area (Å²) < 4.78 is 2.10. The van der Waals surface area contributed by atoms with Crippen LogP contribution in [-0.4, -0.2) is 26.8 Å². The number of nitrogens with zero attached hydrogens (tertiary/aromatic N) is 2. The van der Waals surface area contributed by atoms with Crippen LogP contribution in [0.1, 0.15) is 61.7 Å². The van der Waals surface area contributed by atoms with Crippen LogP contribution in [0.2, 0.25) is 0 Å². The number of carbonyl (C=O) groups excluding carboxylic acids is 2. The number of para-hydroxylation sites is 1. The van der Waals surface area contributed by atoms with Crippen LogP contribution in [0.15, 0.2) is 78.9 Å². The summed E-state index contributed by atoms with van der Waals surface area (Å²) in [6, 6.07) is 25.5. The Hall–Kier alpha value is -3.86. The molecule has 1 aliphatic rings. The van der Waals surface area contributed by atoms with Crippen molar-refractivity contribution in [2.45, 2.75) is 58.2 Å². The number of benzene rings is 3. The summed E-state index contributed by atoms with van der Waals surface area (Å²) in [6.07, 6.45) is 0. The normalized spacial score (nSPS) is 19.7. The summed E-state index contributed by atoms with van der Waals surface area (Å²) in [5.74, 6) is -0.243. The second-order valence-corrected chi connectivity index (χ2v) is 11.4. The van der Waals surface area contributed by atoms with Crippen LogP contribution in [0.3, 0.4) is 0 Å². The third-order valence-electron chi connectivity index (χ3n) is 7.48. The van der Waals surface area contributed by atoms with E-state index in [1.807, 2.05) is 108 Å². The first-order chi connectivity index (χ1) is 17.5. The van der Waals surface area contributed by atoms with E-state index in [0.29, 0.717) is 6.54 Å². The quantitative estimate of drug-likeness (QED) is 0.391. The van der Waals surface area contributed by atoms with Crippen LogP contribution in [0.4, 0.5) is 0 Å². The summed E-state index contributed by atoms with van der Waals surface area (Å²) in [4.78, 5) is 30.6. The van der Waals surface area contributed by atoms with Gasteiger partial charge in [0.15, 0.2) is 6.04 Å². The van der Waals surface area contributed by atoms with Gasteiger partial charge >= 0.3 is 0 Å². The van der Waals surface area contributed by atoms with E-state index in [1.165, 1.54) is 0 Å². The zero-order valence-electron chi connectivity index (χ0n) is 22.5. The van der Waals surface area contributed by atoms with Crippen molar-refractivity contribution in [1.29, 1.82) is 0 Å². The Morgan fingerprint density at radius 2 is 1.57 bits per heavy atom. The van der Waals surface area contributed by atoms with E-state index in [1.54, 1.807) is 4.90 Å². The summed E-state index contributed by atoms with van der Waals surface area (Å²) in [5, 5.41) is 4.17. The topological polar surface area (TPSA) is 54.3 Å². The fourth-order valence-electron chi connectivity index (χ4n) is 5.71. The van der Waals surface area contributed by atoms with Gasteiger partial charge in [-0.2, -0.15) is 0 Å². The van der Waals surface area contributed by atoms with Crippen LogP contribution in [-0.2, 0) is 28.6 Å². The maximum Gasteiger partial charge on any atom is 0.249 e. The molecule has 3 aromatic carbocycles. The molecule has 5 rings (SSSR count). The molecule has 5 heteroatoms. The zero-order chi connectivity index (χ0) is 26.5. The molecule has 4 aromatic rings. The molecule has 0 radical (unpaired) electrons. The molecule has 2 heterocycles. The van der Waals surface area contributed by atoms with Gasteiger partial charge in [0.05, 0.1) is 11.1 Å². The molecule has 37 heavy (non-hydrogen) atoms. The van der Waals surface area contributed by atoms with Crippen molar-refractivity contribution in [3.05, 3.63) is 107 Å². The Labute approximate surface area is 219 Å². The minimum Gasteiger partial charge on any atom is -0.349 e. The lowest BCUT2D eigenvalue weighted by Crippen LogP contribution is -2.57. The summed E-state index contributed by atoms with van der Waals surface area (Å²) in [7, 11) is 2.00. The summed E-state index contributed by atoms with van der Waals surface area (Å²) >= 11 is 0. The van der Waals surface area contributed by atoms with E-state index < -0.39 is 17.0 Å². The summed E-state index contributed by atoms with van der Waals surface area (Å²) in [6.45, 7) is 10.3. The van der Waals surface area contributed by atoms with Crippen LogP contribution in [0.25, 0.3) is 10.9 Å². The van der Waals surface area contributed by atoms with Gasteiger partial charge in [0.1, 0.15) is 0 Å². The smallest absolute Gasteiger partial charge is 0.249 e. The van der Waals surface area contributed by atoms with Crippen LogP contribution >= 0.6 is 0 Å².